The van der Waals surface area contributed by atoms with E-state index in [4.69, 9.17) is 23.2 Å². The first-order chi connectivity index (χ1) is 8.97. The van der Waals surface area contributed by atoms with Gasteiger partial charge in [-0.3, -0.25) is 4.68 Å². The van der Waals surface area contributed by atoms with Gasteiger partial charge in [0.2, 0.25) is 0 Å². The molecule has 0 spiro atoms. The Morgan fingerprint density at radius 1 is 1.21 bits per heavy atom. The van der Waals surface area contributed by atoms with Gasteiger partial charge in [0.1, 0.15) is 5.15 Å². The summed E-state index contributed by atoms with van der Waals surface area (Å²) in [7, 11) is 1.80. The molecular weight excluding hydrogens is 283 g/mol. The van der Waals surface area contributed by atoms with Crippen LogP contribution in [0.5, 0.6) is 0 Å². The predicted molar refractivity (Wildman–Crippen MR) is 77.8 cm³/mol. The van der Waals surface area contributed by atoms with Crippen LogP contribution in [0.15, 0.2) is 24.3 Å². The zero-order valence-electron chi connectivity index (χ0n) is 10.9. The lowest BCUT2D eigenvalue weighted by atomic mass is 10.0. The van der Waals surface area contributed by atoms with Crippen molar-refractivity contribution in [3.63, 3.8) is 0 Å². The average molecular weight is 299 g/mol. The van der Waals surface area contributed by atoms with E-state index in [0.29, 0.717) is 23.0 Å². The molecule has 3 nitrogen and oxygen atoms in total. The van der Waals surface area contributed by atoms with Crippen LogP contribution < -0.4 is 0 Å². The fourth-order valence-electron chi connectivity index (χ4n) is 2.11. The molecule has 0 bridgehead atoms. The fourth-order valence-corrected chi connectivity index (χ4v) is 2.48. The maximum absolute atomic E-state index is 10.2. The number of benzene rings is 1. The molecule has 1 aromatic heterocycles. The summed E-state index contributed by atoms with van der Waals surface area (Å²) in [6, 6.07) is 7.49. The Morgan fingerprint density at radius 3 is 2.37 bits per heavy atom. The highest BCUT2D eigenvalue weighted by molar-refractivity contribution is 6.30. The zero-order valence-corrected chi connectivity index (χ0v) is 12.4. The number of aliphatic hydroxyl groups excluding tert-OH is 1. The molecule has 1 N–H and O–H groups in total. The number of hydrogen-bond acceptors (Lipinski definition) is 2. The van der Waals surface area contributed by atoms with E-state index < -0.39 is 6.10 Å². The molecule has 0 aliphatic heterocycles. The van der Waals surface area contributed by atoms with Crippen molar-refractivity contribution in [1.29, 1.82) is 0 Å². The van der Waals surface area contributed by atoms with Crippen LogP contribution in [0.2, 0.25) is 10.2 Å². The van der Waals surface area contributed by atoms with Crippen molar-refractivity contribution in [1.82, 2.24) is 9.78 Å². The molecule has 1 heterocycles. The third-order valence-electron chi connectivity index (χ3n) is 3.09. The van der Waals surface area contributed by atoms with Gasteiger partial charge in [0.15, 0.2) is 0 Å². The summed E-state index contributed by atoms with van der Waals surface area (Å²) in [5.41, 5.74) is 2.82. The third kappa shape index (κ3) is 3.50. The first-order valence-electron chi connectivity index (χ1n) is 6.08. The number of hydrogen-bond donors (Lipinski definition) is 1. The van der Waals surface area contributed by atoms with Crippen molar-refractivity contribution >= 4 is 23.2 Å². The molecule has 0 saturated heterocycles. The van der Waals surface area contributed by atoms with Gasteiger partial charge in [-0.1, -0.05) is 35.3 Å². The van der Waals surface area contributed by atoms with E-state index in [-0.39, 0.29) is 0 Å². The van der Waals surface area contributed by atoms with Crippen molar-refractivity contribution in [2.75, 3.05) is 0 Å². The quantitative estimate of drug-likeness (QED) is 0.941. The molecule has 102 valence electrons. The summed E-state index contributed by atoms with van der Waals surface area (Å²) in [4.78, 5) is 0. The molecule has 0 fully saturated rings. The first-order valence-corrected chi connectivity index (χ1v) is 6.83. The number of aliphatic hydroxyl groups is 1. The van der Waals surface area contributed by atoms with Crippen LogP contribution in [0.4, 0.5) is 0 Å². The monoisotopic (exact) mass is 298 g/mol. The van der Waals surface area contributed by atoms with Crippen LogP contribution in [-0.4, -0.2) is 21.0 Å². The van der Waals surface area contributed by atoms with Crippen LogP contribution in [-0.2, 0) is 19.9 Å². The minimum atomic E-state index is -0.485. The molecule has 0 radical (unpaired) electrons. The van der Waals surface area contributed by atoms with Crippen molar-refractivity contribution in [2.45, 2.75) is 25.9 Å². The standard InChI is InChI=1S/C14H16Cl2N2O/c1-9-13(14(16)18(2)17-9)8-12(19)7-10-3-5-11(15)6-4-10/h3-6,12,19H,7-8H2,1-2H3. The van der Waals surface area contributed by atoms with Gasteiger partial charge in [-0.05, 0) is 31.0 Å². The second kappa shape index (κ2) is 5.95. The number of nitrogens with zero attached hydrogens (tertiary/aromatic N) is 2. The van der Waals surface area contributed by atoms with Gasteiger partial charge in [-0.25, -0.2) is 0 Å². The lowest BCUT2D eigenvalue weighted by molar-refractivity contribution is 0.175. The topological polar surface area (TPSA) is 38.0 Å². The van der Waals surface area contributed by atoms with E-state index in [1.165, 1.54) is 0 Å². The Balaban J connectivity index is 2.05. The van der Waals surface area contributed by atoms with Crippen LogP contribution in [0, 0.1) is 6.92 Å². The molecule has 0 saturated carbocycles. The molecule has 2 rings (SSSR count). The SMILES string of the molecule is Cc1nn(C)c(Cl)c1CC(O)Cc1ccc(Cl)cc1. The normalized spacial score (nSPS) is 12.7. The molecular formula is C14H16Cl2N2O. The van der Waals surface area contributed by atoms with E-state index >= 15 is 0 Å². The molecule has 19 heavy (non-hydrogen) atoms. The summed E-state index contributed by atoms with van der Waals surface area (Å²) >= 11 is 12.0. The van der Waals surface area contributed by atoms with Crippen molar-refractivity contribution in [3.05, 3.63) is 51.3 Å². The summed E-state index contributed by atoms with van der Waals surface area (Å²) in [5, 5.41) is 15.7. The lowest BCUT2D eigenvalue weighted by Gasteiger charge is -2.10. The summed E-state index contributed by atoms with van der Waals surface area (Å²) in [5.74, 6) is 0. The van der Waals surface area contributed by atoms with Crippen LogP contribution in [0.25, 0.3) is 0 Å². The molecule has 0 aliphatic rings. The van der Waals surface area contributed by atoms with Gasteiger partial charge in [0.25, 0.3) is 0 Å². The Bertz CT molecular complexity index is 564. The Hall–Kier alpha value is -1.03. The third-order valence-corrected chi connectivity index (χ3v) is 3.82. The molecule has 1 atom stereocenters. The number of rotatable bonds is 4. The predicted octanol–water partition coefficient (Wildman–Crippen LogP) is 3.18. The molecule has 5 heteroatoms. The first kappa shape index (κ1) is 14.4. The smallest absolute Gasteiger partial charge is 0.130 e. The molecule has 2 aromatic rings. The van der Waals surface area contributed by atoms with Gasteiger partial charge in [0.05, 0.1) is 11.8 Å². The highest BCUT2D eigenvalue weighted by Gasteiger charge is 2.15. The lowest BCUT2D eigenvalue weighted by Crippen LogP contribution is -2.14. The van der Waals surface area contributed by atoms with Crippen molar-refractivity contribution in [2.24, 2.45) is 7.05 Å². The van der Waals surface area contributed by atoms with Crippen molar-refractivity contribution < 1.29 is 5.11 Å². The van der Waals surface area contributed by atoms with E-state index in [2.05, 4.69) is 5.10 Å². The number of aromatic nitrogens is 2. The van der Waals surface area contributed by atoms with Gasteiger partial charge in [-0.2, -0.15) is 5.10 Å². The summed E-state index contributed by atoms with van der Waals surface area (Å²) < 4.78 is 1.63. The van der Waals surface area contributed by atoms with E-state index in [9.17, 15) is 5.11 Å². The zero-order chi connectivity index (χ0) is 14.0. The van der Waals surface area contributed by atoms with Gasteiger partial charge in [-0.15, -0.1) is 0 Å². The fraction of sp³-hybridized carbons (Fsp3) is 0.357. The Kier molecular flexibility index (Phi) is 4.50. The maximum Gasteiger partial charge on any atom is 0.130 e. The highest BCUT2D eigenvalue weighted by atomic mass is 35.5. The largest absolute Gasteiger partial charge is 0.392 e. The summed E-state index contributed by atoms with van der Waals surface area (Å²) in [6.45, 7) is 1.90. The van der Waals surface area contributed by atoms with Gasteiger partial charge >= 0.3 is 0 Å². The minimum Gasteiger partial charge on any atom is -0.392 e. The van der Waals surface area contributed by atoms with Gasteiger partial charge < -0.3 is 5.11 Å². The second-order valence-electron chi connectivity index (χ2n) is 4.67. The molecule has 1 aromatic carbocycles. The van der Waals surface area contributed by atoms with Crippen molar-refractivity contribution in [3.8, 4) is 0 Å². The Labute approximate surface area is 122 Å². The van der Waals surface area contributed by atoms with Crippen LogP contribution in [0.1, 0.15) is 16.8 Å². The van der Waals surface area contributed by atoms with E-state index in [1.807, 2.05) is 31.2 Å². The molecule has 0 aliphatic carbocycles. The minimum absolute atomic E-state index is 0.485. The summed E-state index contributed by atoms with van der Waals surface area (Å²) in [6.07, 6.45) is 0.588. The second-order valence-corrected chi connectivity index (χ2v) is 5.46. The highest BCUT2D eigenvalue weighted by Crippen LogP contribution is 2.21. The number of aryl methyl sites for hydroxylation is 2. The average Bonchev–Trinajstić information content (AvgIpc) is 2.59. The van der Waals surface area contributed by atoms with E-state index in [1.54, 1.807) is 11.7 Å². The van der Waals surface area contributed by atoms with Crippen LogP contribution in [0.3, 0.4) is 0 Å². The Morgan fingerprint density at radius 2 is 1.84 bits per heavy atom. The maximum atomic E-state index is 10.2. The molecule has 0 amide bonds. The van der Waals surface area contributed by atoms with E-state index in [0.717, 1.165) is 16.8 Å². The van der Waals surface area contributed by atoms with Gasteiger partial charge in [0, 0.05) is 24.1 Å². The number of halogens is 2. The van der Waals surface area contributed by atoms with Crippen LogP contribution >= 0.6 is 23.2 Å². The molecule has 1 unspecified atom stereocenters.